The van der Waals surface area contributed by atoms with Crippen LogP contribution in [0.1, 0.15) is 34.6 Å². The molecular weight excluding hydrogens is 258 g/mol. The number of hydrogen-bond donors (Lipinski definition) is 1. The molecule has 1 aliphatic heterocycles. The molecule has 1 aliphatic rings. The Labute approximate surface area is 116 Å². The summed E-state index contributed by atoms with van der Waals surface area (Å²) in [6.45, 7) is 3.79. The van der Waals surface area contributed by atoms with E-state index in [0.717, 1.165) is 36.5 Å². The highest BCUT2D eigenvalue weighted by Gasteiger charge is 2.20. The standard InChI is InChI=1S/C14H17N3OS/c1-10-5-6-13(19-10)11-9-12(16-15-11)14(18)17-7-3-2-4-8-17/h5-6,9H,2-4,7-8H2,1H3,(H,15,16). The van der Waals surface area contributed by atoms with Gasteiger partial charge in [0.05, 0.1) is 10.6 Å². The van der Waals surface area contributed by atoms with E-state index in [4.69, 9.17) is 0 Å². The highest BCUT2D eigenvalue weighted by atomic mass is 32.1. The van der Waals surface area contributed by atoms with Gasteiger partial charge in [0.1, 0.15) is 0 Å². The lowest BCUT2D eigenvalue weighted by molar-refractivity contribution is 0.0718. The molecular formula is C14H17N3OS. The van der Waals surface area contributed by atoms with Crippen LogP contribution in [-0.2, 0) is 0 Å². The number of hydrogen-bond acceptors (Lipinski definition) is 3. The van der Waals surface area contributed by atoms with Gasteiger partial charge < -0.3 is 4.90 Å². The van der Waals surface area contributed by atoms with Gasteiger partial charge in [-0.3, -0.25) is 9.89 Å². The highest BCUT2D eigenvalue weighted by molar-refractivity contribution is 7.15. The van der Waals surface area contributed by atoms with E-state index in [1.54, 1.807) is 11.3 Å². The minimum absolute atomic E-state index is 0.0514. The van der Waals surface area contributed by atoms with Crippen molar-refractivity contribution in [2.75, 3.05) is 13.1 Å². The number of aromatic nitrogens is 2. The van der Waals surface area contributed by atoms with Crippen molar-refractivity contribution >= 4 is 17.2 Å². The molecule has 1 N–H and O–H groups in total. The molecule has 4 nitrogen and oxygen atoms in total. The Hall–Kier alpha value is -1.62. The lowest BCUT2D eigenvalue weighted by Gasteiger charge is -2.25. The van der Waals surface area contributed by atoms with Gasteiger partial charge in [-0.05, 0) is 44.4 Å². The Kier molecular flexibility index (Phi) is 3.38. The summed E-state index contributed by atoms with van der Waals surface area (Å²) >= 11 is 1.71. The number of nitrogens with zero attached hydrogens (tertiary/aromatic N) is 2. The summed E-state index contributed by atoms with van der Waals surface area (Å²) in [6.07, 6.45) is 3.43. The average Bonchev–Trinajstić information content (AvgIpc) is 3.07. The van der Waals surface area contributed by atoms with Crippen molar-refractivity contribution < 1.29 is 4.79 Å². The summed E-state index contributed by atoms with van der Waals surface area (Å²) in [5.74, 6) is 0.0514. The molecule has 5 heteroatoms. The van der Waals surface area contributed by atoms with Crippen molar-refractivity contribution in [3.05, 3.63) is 28.8 Å². The topological polar surface area (TPSA) is 49.0 Å². The van der Waals surface area contributed by atoms with E-state index in [0.29, 0.717) is 5.69 Å². The van der Waals surface area contributed by atoms with E-state index < -0.39 is 0 Å². The van der Waals surface area contributed by atoms with E-state index in [9.17, 15) is 4.79 Å². The Balaban J connectivity index is 1.79. The van der Waals surface area contributed by atoms with Gasteiger partial charge in [0, 0.05) is 18.0 Å². The fourth-order valence-corrected chi connectivity index (χ4v) is 3.23. The van der Waals surface area contributed by atoms with Crippen molar-refractivity contribution in [2.45, 2.75) is 26.2 Å². The van der Waals surface area contributed by atoms with Crippen molar-refractivity contribution in [1.82, 2.24) is 15.1 Å². The van der Waals surface area contributed by atoms with Crippen LogP contribution in [0.5, 0.6) is 0 Å². The minimum Gasteiger partial charge on any atom is -0.337 e. The maximum atomic E-state index is 12.3. The smallest absolute Gasteiger partial charge is 0.274 e. The Morgan fingerprint density at radius 3 is 2.79 bits per heavy atom. The van der Waals surface area contributed by atoms with Crippen LogP contribution in [0.4, 0.5) is 0 Å². The van der Waals surface area contributed by atoms with Gasteiger partial charge in [-0.1, -0.05) is 0 Å². The maximum Gasteiger partial charge on any atom is 0.274 e. The molecule has 1 amide bonds. The Morgan fingerprint density at radius 2 is 2.11 bits per heavy atom. The molecule has 1 fully saturated rings. The Bertz CT molecular complexity index is 581. The molecule has 0 aliphatic carbocycles. The van der Waals surface area contributed by atoms with Crippen LogP contribution in [-0.4, -0.2) is 34.1 Å². The molecule has 3 rings (SSSR count). The molecule has 0 unspecified atom stereocenters. The van der Waals surface area contributed by atoms with Crippen LogP contribution in [0.3, 0.4) is 0 Å². The zero-order chi connectivity index (χ0) is 13.2. The van der Waals surface area contributed by atoms with Crippen molar-refractivity contribution in [3.8, 4) is 10.6 Å². The molecule has 0 bridgehead atoms. The number of carbonyl (C=O) groups is 1. The molecule has 0 atom stereocenters. The molecule has 0 radical (unpaired) electrons. The zero-order valence-electron chi connectivity index (χ0n) is 11.0. The van der Waals surface area contributed by atoms with Crippen LogP contribution in [0.25, 0.3) is 10.6 Å². The van der Waals surface area contributed by atoms with E-state index in [1.165, 1.54) is 11.3 Å². The third-order valence-electron chi connectivity index (χ3n) is 3.45. The number of likely N-dealkylation sites (tertiary alicyclic amines) is 1. The summed E-state index contributed by atoms with van der Waals surface area (Å²) in [5, 5.41) is 7.14. The molecule has 100 valence electrons. The first kappa shape index (κ1) is 12.4. The second-order valence-corrected chi connectivity index (χ2v) is 6.22. The third-order valence-corrected chi connectivity index (χ3v) is 4.48. The van der Waals surface area contributed by atoms with E-state index in [-0.39, 0.29) is 5.91 Å². The normalized spacial score (nSPS) is 15.7. The number of piperidine rings is 1. The maximum absolute atomic E-state index is 12.3. The van der Waals surface area contributed by atoms with Crippen LogP contribution in [0, 0.1) is 6.92 Å². The monoisotopic (exact) mass is 275 g/mol. The van der Waals surface area contributed by atoms with Crippen molar-refractivity contribution in [3.63, 3.8) is 0 Å². The first-order chi connectivity index (χ1) is 9.24. The molecule has 2 aromatic heterocycles. The fraction of sp³-hybridized carbons (Fsp3) is 0.429. The van der Waals surface area contributed by atoms with E-state index in [1.807, 2.05) is 11.0 Å². The first-order valence-corrected chi connectivity index (χ1v) is 7.47. The summed E-state index contributed by atoms with van der Waals surface area (Å²) in [5.41, 5.74) is 1.46. The summed E-state index contributed by atoms with van der Waals surface area (Å²) in [7, 11) is 0. The van der Waals surface area contributed by atoms with Crippen LogP contribution >= 0.6 is 11.3 Å². The van der Waals surface area contributed by atoms with Gasteiger partial charge in [0.2, 0.25) is 0 Å². The lowest BCUT2D eigenvalue weighted by atomic mass is 10.1. The summed E-state index contributed by atoms with van der Waals surface area (Å²) in [6, 6.07) is 6.00. The van der Waals surface area contributed by atoms with E-state index in [2.05, 4.69) is 29.3 Å². The van der Waals surface area contributed by atoms with Crippen LogP contribution in [0.15, 0.2) is 18.2 Å². The SMILES string of the molecule is Cc1ccc(-c2cc(C(=O)N3CCCCC3)n[nH]2)s1. The molecule has 2 aromatic rings. The molecule has 3 heterocycles. The number of H-pyrrole nitrogens is 1. The minimum atomic E-state index is 0.0514. The predicted octanol–water partition coefficient (Wildman–Crippen LogP) is 3.07. The number of rotatable bonds is 2. The molecule has 19 heavy (non-hydrogen) atoms. The van der Waals surface area contributed by atoms with E-state index >= 15 is 0 Å². The average molecular weight is 275 g/mol. The first-order valence-electron chi connectivity index (χ1n) is 6.65. The fourth-order valence-electron chi connectivity index (χ4n) is 2.40. The summed E-state index contributed by atoms with van der Waals surface area (Å²) in [4.78, 5) is 16.6. The van der Waals surface area contributed by atoms with Gasteiger partial charge >= 0.3 is 0 Å². The van der Waals surface area contributed by atoms with Gasteiger partial charge in [-0.15, -0.1) is 11.3 Å². The van der Waals surface area contributed by atoms with Gasteiger partial charge in [-0.2, -0.15) is 5.10 Å². The highest BCUT2D eigenvalue weighted by Crippen LogP contribution is 2.26. The predicted molar refractivity (Wildman–Crippen MR) is 76.4 cm³/mol. The van der Waals surface area contributed by atoms with Gasteiger partial charge in [-0.25, -0.2) is 0 Å². The van der Waals surface area contributed by atoms with Crippen LogP contribution < -0.4 is 0 Å². The van der Waals surface area contributed by atoms with Gasteiger partial charge in [0.25, 0.3) is 5.91 Å². The molecule has 1 saturated heterocycles. The number of aryl methyl sites for hydroxylation is 1. The number of aromatic amines is 1. The largest absolute Gasteiger partial charge is 0.337 e. The number of amides is 1. The van der Waals surface area contributed by atoms with Gasteiger partial charge in [0.15, 0.2) is 5.69 Å². The molecule has 0 spiro atoms. The summed E-state index contributed by atoms with van der Waals surface area (Å²) < 4.78 is 0. The van der Waals surface area contributed by atoms with Crippen molar-refractivity contribution in [1.29, 1.82) is 0 Å². The molecule has 0 saturated carbocycles. The van der Waals surface area contributed by atoms with Crippen molar-refractivity contribution in [2.24, 2.45) is 0 Å². The Morgan fingerprint density at radius 1 is 1.32 bits per heavy atom. The number of thiophene rings is 1. The quantitative estimate of drug-likeness (QED) is 0.915. The second-order valence-electron chi connectivity index (χ2n) is 4.93. The molecule has 0 aromatic carbocycles. The number of nitrogens with one attached hydrogen (secondary N) is 1. The van der Waals surface area contributed by atoms with Crippen LogP contribution in [0.2, 0.25) is 0 Å². The zero-order valence-corrected chi connectivity index (χ0v) is 11.8. The lowest BCUT2D eigenvalue weighted by Crippen LogP contribution is -2.35. The third kappa shape index (κ3) is 2.56. The second kappa shape index (κ2) is 5.17. The number of carbonyl (C=O) groups excluding carboxylic acids is 1.